The van der Waals surface area contributed by atoms with Gasteiger partial charge in [0.15, 0.2) is 11.5 Å². The highest BCUT2D eigenvalue weighted by Crippen LogP contribution is 2.30. The van der Waals surface area contributed by atoms with Crippen molar-refractivity contribution in [2.45, 2.75) is 13.3 Å². The summed E-state index contributed by atoms with van der Waals surface area (Å²) < 4.78 is 5.03. The van der Waals surface area contributed by atoms with Gasteiger partial charge < -0.3 is 9.84 Å². The minimum absolute atomic E-state index is 0.253. The van der Waals surface area contributed by atoms with Crippen LogP contribution in [0.1, 0.15) is 12.5 Å². The van der Waals surface area contributed by atoms with Crippen molar-refractivity contribution in [3.8, 4) is 11.5 Å². The molecule has 1 aromatic carbocycles. The zero-order valence-electron chi connectivity index (χ0n) is 8.53. The van der Waals surface area contributed by atoms with Gasteiger partial charge in [-0.05, 0) is 29.7 Å². The average molecular weight is 212 g/mol. The van der Waals surface area contributed by atoms with Gasteiger partial charge in [-0.15, -0.1) is 0 Å². The Balaban J connectivity index is 2.86. The Morgan fingerprint density at radius 3 is 2.79 bits per heavy atom. The van der Waals surface area contributed by atoms with Crippen LogP contribution in [0, 0.1) is 5.92 Å². The zero-order chi connectivity index (χ0) is 10.6. The van der Waals surface area contributed by atoms with E-state index in [0.29, 0.717) is 11.7 Å². The molecule has 1 N–H and O–H groups in total. The third kappa shape index (κ3) is 2.58. The van der Waals surface area contributed by atoms with E-state index in [9.17, 15) is 5.11 Å². The van der Waals surface area contributed by atoms with Gasteiger partial charge in [0.25, 0.3) is 0 Å². The van der Waals surface area contributed by atoms with Gasteiger partial charge in [0.2, 0.25) is 0 Å². The molecular formula is C11H16O2S. The van der Waals surface area contributed by atoms with Gasteiger partial charge in [-0.25, -0.2) is 0 Å². The first-order valence-corrected chi connectivity index (χ1v) is 5.28. The van der Waals surface area contributed by atoms with E-state index in [0.717, 1.165) is 17.7 Å². The molecular weight excluding hydrogens is 196 g/mol. The van der Waals surface area contributed by atoms with Crippen molar-refractivity contribution < 1.29 is 9.84 Å². The summed E-state index contributed by atoms with van der Waals surface area (Å²) in [6, 6.07) is 5.56. The van der Waals surface area contributed by atoms with Crippen LogP contribution >= 0.6 is 12.6 Å². The topological polar surface area (TPSA) is 29.5 Å². The number of hydrogen-bond acceptors (Lipinski definition) is 3. The molecule has 78 valence electrons. The predicted octanol–water partition coefficient (Wildman–Crippen LogP) is 2.51. The van der Waals surface area contributed by atoms with E-state index in [1.165, 1.54) is 0 Å². The van der Waals surface area contributed by atoms with Gasteiger partial charge in [0.05, 0.1) is 7.11 Å². The summed E-state index contributed by atoms with van der Waals surface area (Å²) in [6.07, 6.45) is 0.826. The molecule has 0 radical (unpaired) electrons. The summed E-state index contributed by atoms with van der Waals surface area (Å²) in [5.41, 5.74) is 0.922. The van der Waals surface area contributed by atoms with Crippen LogP contribution in [-0.2, 0) is 6.42 Å². The van der Waals surface area contributed by atoms with Crippen LogP contribution in [0.4, 0.5) is 0 Å². The number of methoxy groups -OCH3 is 1. The molecule has 1 unspecified atom stereocenters. The lowest BCUT2D eigenvalue weighted by molar-refractivity contribution is 0.369. The molecule has 0 saturated carbocycles. The van der Waals surface area contributed by atoms with Crippen molar-refractivity contribution in [1.29, 1.82) is 0 Å². The average Bonchev–Trinajstić information content (AvgIpc) is 2.21. The van der Waals surface area contributed by atoms with Gasteiger partial charge in [-0.1, -0.05) is 19.1 Å². The molecule has 14 heavy (non-hydrogen) atoms. The highest BCUT2D eigenvalue weighted by Gasteiger charge is 2.09. The fourth-order valence-electron chi connectivity index (χ4n) is 1.34. The lowest BCUT2D eigenvalue weighted by atomic mass is 10.0. The molecule has 0 aromatic heterocycles. The monoisotopic (exact) mass is 212 g/mol. The standard InChI is InChI=1S/C11H16O2S/c1-8(7-14)6-9-4-3-5-10(13-2)11(9)12/h3-5,8,12,14H,6-7H2,1-2H3. The Labute approximate surface area is 90.3 Å². The molecule has 0 bridgehead atoms. The number of thiol groups is 1. The number of benzene rings is 1. The van der Waals surface area contributed by atoms with E-state index >= 15 is 0 Å². The molecule has 1 atom stereocenters. The van der Waals surface area contributed by atoms with Crippen molar-refractivity contribution in [2.24, 2.45) is 5.92 Å². The maximum absolute atomic E-state index is 9.78. The molecule has 1 rings (SSSR count). The first-order valence-electron chi connectivity index (χ1n) is 4.64. The molecule has 0 aliphatic heterocycles. The van der Waals surface area contributed by atoms with E-state index in [2.05, 4.69) is 19.6 Å². The molecule has 0 heterocycles. The number of rotatable bonds is 4. The number of aromatic hydroxyl groups is 1. The van der Waals surface area contributed by atoms with E-state index < -0.39 is 0 Å². The maximum atomic E-state index is 9.78. The summed E-state index contributed by atoms with van der Waals surface area (Å²) in [5.74, 6) is 2.06. The fourth-order valence-corrected chi connectivity index (χ4v) is 1.47. The van der Waals surface area contributed by atoms with Crippen LogP contribution in [0.25, 0.3) is 0 Å². The second-order valence-electron chi connectivity index (χ2n) is 3.46. The minimum Gasteiger partial charge on any atom is -0.504 e. The van der Waals surface area contributed by atoms with Gasteiger partial charge in [0.1, 0.15) is 0 Å². The summed E-state index contributed by atoms with van der Waals surface area (Å²) in [4.78, 5) is 0. The summed E-state index contributed by atoms with van der Waals surface area (Å²) in [5, 5.41) is 9.78. The van der Waals surface area contributed by atoms with Crippen molar-refractivity contribution in [3.05, 3.63) is 23.8 Å². The predicted molar refractivity (Wildman–Crippen MR) is 61.4 cm³/mol. The fraction of sp³-hybridized carbons (Fsp3) is 0.455. The molecule has 0 aliphatic carbocycles. The lowest BCUT2D eigenvalue weighted by Crippen LogP contribution is -2.01. The number of phenols is 1. The van der Waals surface area contributed by atoms with Crippen molar-refractivity contribution >= 4 is 12.6 Å². The third-order valence-electron chi connectivity index (χ3n) is 2.18. The van der Waals surface area contributed by atoms with Gasteiger partial charge in [-0.3, -0.25) is 0 Å². The molecule has 0 fully saturated rings. The Hall–Kier alpha value is -0.830. The molecule has 0 spiro atoms. The highest BCUT2D eigenvalue weighted by atomic mass is 32.1. The van der Waals surface area contributed by atoms with Crippen LogP contribution < -0.4 is 4.74 Å². The lowest BCUT2D eigenvalue weighted by Gasteiger charge is -2.11. The van der Waals surface area contributed by atoms with Gasteiger partial charge in [-0.2, -0.15) is 12.6 Å². The van der Waals surface area contributed by atoms with Crippen molar-refractivity contribution in [1.82, 2.24) is 0 Å². The van der Waals surface area contributed by atoms with E-state index in [4.69, 9.17) is 4.74 Å². The molecule has 3 heteroatoms. The Bertz CT molecular complexity index is 299. The summed E-state index contributed by atoms with van der Waals surface area (Å²) in [7, 11) is 1.56. The van der Waals surface area contributed by atoms with E-state index in [1.54, 1.807) is 13.2 Å². The molecule has 1 aromatic rings. The first kappa shape index (κ1) is 11.2. The smallest absolute Gasteiger partial charge is 0.160 e. The Kier molecular flexibility index (Phi) is 4.14. The number of para-hydroxylation sites is 1. The van der Waals surface area contributed by atoms with E-state index in [1.807, 2.05) is 12.1 Å². The molecule has 0 aliphatic rings. The SMILES string of the molecule is COc1cccc(CC(C)CS)c1O. The number of phenolic OH excluding ortho intramolecular Hbond substituents is 1. The zero-order valence-corrected chi connectivity index (χ0v) is 9.42. The number of ether oxygens (including phenoxy) is 1. The largest absolute Gasteiger partial charge is 0.504 e. The van der Waals surface area contributed by atoms with E-state index in [-0.39, 0.29) is 5.75 Å². The highest BCUT2D eigenvalue weighted by molar-refractivity contribution is 7.80. The second-order valence-corrected chi connectivity index (χ2v) is 3.83. The van der Waals surface area contributed by atoms with Crippen molar-refractivity contribution in [2.75, 3.05) is 12.9 Å². The van der Waals surface area contributed by atoms with Crippen LogP contribution in [-0.4, -0.2) is 18.0 Å². The molecule has 2 nitrogen and oxygen atoms in total. The van der Waals surface area contributed by atoms with Gasteiger partial charge in [0, 0.05) is 0 Å². The van der Waals surface area contributed by atoms with Crippen LogP contribution in [0.2, 0.25) is 0 Å². The van der Waals surface area contributed by atoms with Gasteiger partial charge >= 0.3 is 0 Å². The molecule has 0 saturated heterocycles. The third-order valence-corrected chi connectivity index (χ3v) is 2.81. The molecule has 0 amide bonds. The van der Waals surface area contributed by atoms with Crippen molar-refractivity contribution in [3.63, 3.8) is 0 Å². The summed E-state index contributed by atoms with van der Waals surface area (Å²) >= 11 is 4.22. The second kappa shape index (κ2) is 5.15. The van der Waals surface area contributed by atoms with Crippen LogP contribution in [0.3, 0.4) is 0 Å². The maximum Gasteiger partial charge on any atom is 0.160 e. The first-order chi connectivity index (χ1) is 6.69. The quantitative estimate of drug-likeness (QED) is 0.751. The Morgan fingerprint density at radius 2 is 2.21 bits per heavy atom. The summed E-state index contributed by atoms with van der Waals surface area (Å²) in [6.45, 7) is 2.10. The van der Waals surface area contributed by atoms with Crippen LogP contribution in [0.15, 0.2) is 18.2 Å². The Morgan fingerprint density at radius 1 is 1.50 bits per heavy atom. The van der Waals surface area contributed by atoms with Crippen LogP contribution in [0.5, 0.6) is 11.5 Å². The number of hydrogen-bond donors (Lipinski definition) is 2. The normalized spacial score (nSPS) is 12.5. The minimum atomic E-state index is 0.253.